The third-order valence-electron chi connectivity index (χ3n) is 3.71. The Morgan fingerprint density at radius 3 is 3.05 bits per heavy atom. The Balaban J connectivity index is 1.91. The molecular weight excluding hydrogens is 290 g/mol. The van der Waals surface area contributed by atoms with Crippen LogP contribution in [0.5, 0.6) is 0 Å². The molecule has 6 nitrogen and oxygen atoms in total. The van der Waals surface area contributed by atoms with Gasteiger partial charge in [-0.1, -0.05) is 11.6 Å². The van der Waals surface area contributed by atoms with Crippen molar-refractivity contribution in [2.24, 2.45) is 0 Å². The lowest BCUT2D eigenvalue weighted by molar-refractivity contribution is 0.367. The van der Waals surface area contributed by atoms with Gasteiger partial charge in [-0.15, -0.1) is 0 Å². The van der Waals surface area contributed by atoms with Crippen molar-refractivity contribution in [3.8, 4) is 0 Å². The third kappa shape index (κ3) is 4.69. The molecule has 1 aliphatic heterocycles. The molecule has 1 aromatic heterocycles. The fraction of sp³-hybridized carbons (Fsp3) is 0.714. The van der Waals surface area contributed by atoms with E-state index >= 15 is 0 Å². The number of anilines is 1. The van der Waals surface area contributed by atoms with E-state index in [2.05, 4.69) is 15.7 Å². The zero-order valence-corrected chi connectivity index (χ0v) is 13.5. The maximum atomic E-state index is 12.1. The average Bonchev–Trinajstić information content (AvgIpc) is 2.95. The fourth-order valence-electron chi connectivity index (χ4n) is 2.43. The Morgan fingerprint density at radius 2 is 2.38 bits per heavy atom. The van der Waals surface area contributed by atoms with Crippen LogP contribution in [0.4, 0.5) is 5.69 Å². The highest BCUT2D eigenvalue weighted by Gasteiger charge is 2.14. The normalized spacial score (nSPS) is 18.4. The van der Waals surface area contributed by atoms with Crippen LogP contribution in [0, 0.1) is 0 Å². The zero-order chi connectivity index (χ0) is 15.2. The molecule has 1 atom stereocenters. The predicted molar refractivity (Wildman–Crippen MR) is 86.2 cm³/mol. The number of nitrogens with zero attached hydrogens (tertiary/aromatic N) is 3. The number of hydrogen-bond donors (Lipinski definition) is 2. The van der Waals surface area contributed by atoms with Crippen LogP contribution in [0.1, 0.15) is 19.3 Å². The van der Waals surface area contributed by atoms with Gasteiger partial charge in [0, 0.05) is 19.1 Å². The van der Waals surface area contributed by atoms with Gasteiger partial charge in [0.1, 0.15) is 5.02 Å². The van der Waals surface area contributed by atoms with Crippen molar-refractivity contribution in [3.05, 3.63) is 21.6 Å². The maximum absolute atomic E-state index is 12.1. The lowest BCUT2D eigenvalue weighted by Gasteiger charge is -2.14. The van der Waals surface area contributed by atoms with Gasteiger partial charge in [0.2, 0.25) is 0 Å². The van der Waals surface area contributed by atoms with Crippen LogP contribution in [-0.4, -0.2) is 54.5 Å². The van der Waals surface area contributed by atoms with Gasteiger partial charge in [0.05, 0.1) is 18.4 Å². The molecule has 0 spiro atoms. The molecule has 118 valence electrons. The van der Waals surface area contributed by atoms with Crippen molar-refractivity contribution in [2.75, 3.05) is 39.0 Å². The van der Waals surface area contributed by atoms with Gasteiger partial charge in [-0.3, -0.25) is 4.79 Å². The van der Waals surface area contributed by atoms with Crippen LogP contribution >= 0.6 is 11.6 Å². The van der Waals surface area contributed by atoms with E-state index in [9.17, 15) is 4.79 Å². The second-order valence-electron chi connectivity index (χ2n) is 5.71. The summed E-state index contributed by atoms with van der Waals surface area (Å²) < 4.78 is 1.41. The minimum absolute atomic E-state index is 0.225. The SMILES string of the molecule is CN(C)CCn1ncc(NCCC2CCCN2)c(Cl)c1=O. The molecule has 1 saturated heterocycles. The summed E-state index contributed by atoms with van der Waals surface area (Å²) >= 11 is 6.14. The van der Waals surface area contributed by atoms with Crippen molar-refractivity contribution in [2.45, 2.75) is 31.8 Å². The first kappa shape index (κ1) is 16.3. The molecule has 0 amide bonds. The molecule has 0 aromatic carbocycles. The van der Waals surface area contributed by atoms with E-state index in [1.807, 2.05) is 19.0 Å². The molecule has 0 aliphatic carbocycles. The average molecular weight is 314 g/mol. The van der Waals surface area contributed by atoms with Crippen LogP contribution in [-0.2, 0) is 6.54 Å². The molecule has 1 unspecified atom stereocenters. The number of likely N-dealkylation sites (N-methyl/N-ethyl adjacent to an activating group) is 1. The summed E-state index contributed by atoms with van der Waals surface area (Å²) in [6, 6.07) is 0.574. The number of aromatic nitrogens is 2. The van der Waals surface area contributed by atoms with Crippen LogP contribution in [0.15, 0.2) is 11.0 Å². The summed E-state index contributed by atoms with van der Waals surface area (Å²) in [4.78, 5) is 14.1. The van der Waals surface area contributed by atoms with Crippen LogP contribution in [0.2, 0.25) is 5.02 Å². The summed E-state index contributed by atoms with van der Waals surface area (Å²) in [6.45, 7) is 3.19. The first-order valence-electron chi connectivity index (χ1n) is 7.45. The number of nitrogens with one attached hydrogen (secondary N) is 2. The monoisotopic (exact) mass is 313 g/mol. The lowest BCUT2D eigenvalue weighted by atomic mass is 10.1. The Labute approximate surface area is 130 Å². The maximum Gasteiger partial charge on any atom is 0.287 e. The van der Waals surface area contributed by atoms with Crippen molar-refractivity contribution < 1.29 is 0 Å². The first-order chi connectivity index (χ1) is 10.1. The van der Waals surface area contributed by atoms with Gasteiger partial charge in [0.25, 0.3) is 5.56 Å². The van der Waals surface area contributed by atoms with E-state index in [0.29, 0.717) is 18.3 Å². The van der Waals surface area contributed by atoms with E-state index in [4.69, 9.17) is 11.6 Å². The van der Waals surface area contributed by atoms with Gasteiger partial charge in [-0.2, -0.15) is 5.10 Å². The zero-order valence-electron chi connectivity index (χ0n) is 12.7. The molecule has 0 saturated carbocycles. The van der Waals surface area contributed by atoms with E-state index in [1.165, 1.54) is 17.5 Å². The number of hydrogen-bond acceptors (Lipinski definition) is 5. The topological polar surface area (TPSA) is 62.2 Å². The van der Waals surface area contributed by atoms with E-state index in [1.54, 1.807) is 6.20 Å². The summed E-state index contributed by atoms with van der Waals surface area (Å²) in [6.07, 6.45) is 5.14. The van der Waals surface area contributed by atoms with E-state index in [-0.39, 0.29) is 10.6 Å². The van der Waals surface area contributed by atoms with Gasteiger partial charge >= 0.3 is 0 Å². The minimum Gasteiger partial charge on any atom is -0.382 e. The second-order valence-corrected chi connectivity index (χ2v) is 6.09. The highest BCUT2D eigenvalue weighted by atomic mass is 35.5. The van der Waals surface area contributed by atoms with Crippen molar-refractivity contribution in [1.29, 1.82) is 0 Å². The quantitative estimate of drug-likeness (QED) is 0.787. The molecule has 2 N–H and O–H groups in total. The summed E-state index contributed by atoms with van der Waals surface area (Å²) in [5.74, 6) is 0. The summed E-state index contributed by atoms with van der Waals surface area (Å²) in [5.41, 5.74) is 0.392. The molecule has 7 heteroatoms. The van der Waals surface area contributed by atoms with Gasteiger partial charge in [0.15, 0.2) is 0 Å². The summed E-state index contributed by atoms with van der Waals surface area (Å²) in [5, 5.41) is 11.1. The summed E-state index contributed by atoms with van der Waals surface area (Å²) in [7, 11) is 3.92. The van der Waals surface area contributed by atoms with Crippen LogP contribution < -0.4 is 16.2 Å². The Kier molecular flexibility index (Phi) is 6.02. The third-order valence-corrected chi connectivity index (χ3v) is 4.08. The first-order valence-corrected chi connectivity index (χ1v) is 7.83. The smallest absolute Gasteiger partial charge is 0.287 e. The molecular formula is C14H24ClN5O. The highest BCUT2D eigenvalue weighted by Crippen LogP contribution is 2.16. The van der Waals surface area contributed by atoms with Gasteiger partial charge in [-0.05, 0) is 39.9 Å². The molecule has 1 fully saturated rings. The molecule has 1 aliphatic rings. The highest BCUT2D eigenvalue weighted by molar-refractivity contribution is 6.32. The van der Waals surface area contributed by atoms with Crippen LogP contribution in [0.25, 0.3) is 0 Å². The Bertz CT molecular complexity index is 511. The Hall–Kier alpha value is -1.11. The molecule has 2 rings (SSSR count). The number of rotatable bonds is 7. The Morgan fingerprint density at radius 1 is 1.57 bits per heavy atom. The standard InChI is InChI=1S/C14H24ClN5O/c1-19(2)8-9-20-14(21)13(15)12(10-18-20)17-7-5-11-4-3-6-16-11/h10-11,16-17H,3-9H2,1-2H3. The van der Waals surface area contributed by atoms with Crippen molar-refractivity contribution in [1.82, 2.24) is 20.0 Å². The molecule has 2 heterocycles. The van der Waals surface area contributed by atoms with Crippen LogP contribution in [0.3, 0.4) is 0 Å². The second kappa shape index (κ2) is 7.77. The number of halogens is 1. The van der Waals surface area contributed by atoms with Crippen molar-refractivity contribution in [3.63, 3.8) is 0 Å². The van der Waals surface area contributed by atoms with Crippen molar-refractivity contribution >= 4 is 17.3 Å². The molecule has 1 aromatic rings. The van der Waals surface area contributed by atoms with Gasteiger partial charge in [-0.25, -0.2) is 4.68 Å². The lowest BCUT2D eigenvalue weighted by Crippen LogP contribution is -2.29. The van der Waals surface area contributed by atoms with E-state index in [0.717, 1.165) is 26.1 Å². The molecule has 0 radical (unpaired) electrons. The predicted octanol–water partition coefficient (Wildman–Crippen LogP) is 1.01. The molecule has 21 heavy (non-hydrogen) atoms. The minimum atomic E-state index is -0.234. The fourth-order valence-corrected chi connectivity index (χ4v) is 2.64. The molecule has 0 bridgehead atoms. The van der Waals surface area contributed by atoms with E-state index < -0.39 is 0 Å². The largest absolute Gasteiger partial charge is 0.382 e. The van der Waals surface area contributed by atoms with Gasteiger partial charge < -0.3 is 15.5 Å².